The largest absolute Gasteiger partial charge is 0.497 e. The van der Waals surface area contributed by atoms with Crippen LogP contribution < -0.4 is 4.74 Å². The van der Waals surface area contributed by atoms with E-state index in [1.54, 1.807) is 7.11 Å². The van der Waals surface area contributed by atoms with Crippen molar-refractivity contribution < 1.29 is 14.3 Å². The van der Waals surface area contributed by atoms with Crippen LogP contribution in [0, 0.1) is 29.6 Å². The molecule has 3 aliphatic rings. The number of cyclic esters (lactones) is 1. The standard InChI is InChI=1S/C20H24O3/c1-11(2)16-17-13-4-5-14(10-13)18(17)19(23-20(16)21)12-6-8-15(22-3)9-7-12/h6-9,11,13-14,16-17H,4-5,10H2,1-3H3. The molecular formula is C20H24O3. The van der Waals surface area contributed by atoms with Crippen LogP contribution in [0.4, 0.5) is 0 Å². The number of esters is 1. The monoisotopic (exact) mass is 312 g/mol. The molecule has 1 heterocycles. The molecule has 0 radical (unpaired) electrons. The third-order valence-electron chi connectivity index (χ3n) is 5.97. The van der Waals surface area contributed by atoms with Gasteiger partial charge in [-0.15, -0.1) is 0 Å². The van der Waals surface area contributed by atoms with Crippen LogP contribution in [-0.4, -0.2) is 13.1 Å². The van der Waals surface area contributed by atoms with Crippen LogP contribution in [0.3, 0.4) is 0 Å². The quantitative estimate of drug-likeness (QED) is 0.781. The Morgan fingerprint density at radius 3 is 2.57 bits per heavy atom. The second-order valence-electron chi connectivity index (χ2n) is 7.50. The first-order valence-electron chi connectivity index (χ1n) is 8.70. The molecule has 4 rings (SSSR count). The normalized spacial score (nSPS) is 32.3. The average molecular weight is 312 g/mol. The molecule has 2 aliphatic carbocycles. The predicted molar refractivity (Wildman–Crippen MR) is 88.7 cm³/mol. The number of carbonyl (C=O) groups excluding carboxylic acids is 1. The zero-order chi connectivity index (χ0) is 16.1. The number of carbonyl (C=O) groups is 1. The minimum atomic E-state index is -0.0351. The van der Waals surface area contributed by atoms with Gasteiger partial charge in [-0.1, -0.05) is 13.8 Å². The summed E-state index contributed by atoms with van der Waals surface area (Å²) in [5.41, 5.74) is 2.43. The van der Waals surface area contributed by atoms with Gasteiger partial charge in [-0.3, -0.25) is 4.79 Å². The molecule has 122 valence electrons. The number of hydrogen-bond acceptors (Lipinski definition) is 3. The lowest BCUT2D eigenvalue weighted by Gasteiger charge is -2.38. The molecule has 2 fully saturated rings. The number of ether oxygens (including phenoxy) is 2. The number of rotatable bonds is 3. The van der Waals surface area contributed by atoms with Gasteiger partial charge in [0.25, 0.3) is 0 Å². The van der Waals surface area contributed by atoms with Crippen LogP contribution in [0.1, 0.15) is 38.7 Å². The molecule has 23 heavy (non-hydrogen) atoms. The van der Waals surface area contributed by atoms with Crippen molar-refractivity contribution in [3.05, 3.63) is 35.4 Å². The molecule has 1 aromatic carbocycles. The van der Waals surface area contributed by atoms with E-state index < -0.39 is 0 Å². The fourth-order valence-electron chi connectivity index (χ4n) is 5.00. The summed E-state index contributed by atoms with van der Waals surface area (Å²) in [6, 6.07) is 7.89. The van der Waals surface area contributed by atoms with Gasteiger partial charge in [0.1, 0.15) is 11.5 Å². The molecule has 0 amide bonds. The lowest BCUT2D eigenvalue weighted by molar-refractivity contribution is -0.147. The average Bonchev–Trinajstić information content (AvgIpc) is 3.15. The fraction of sp³-hybridized carbons (Fsp3) is 0.550. The van der Waals surface area contributed by atoms with Crippen molar-refractivity contribution in [1.29, 1.82) is 0 Å². The Balaban J connectivity index is 1.81. The Bertz CT molecular complexity index is 656. The zero-order valence-electron chi connectivity index (χ0n) is 14.0. The second kappa shape index (κ2) is 5.40. The lowest BCUT2D eigenvalue weighted by atomic mass is 9.70. The molecule has 1 aliphatic heterocycles. The molecular weight excluding hydrogens is 288 g/mol. The molecule has 4 atom stereocenters. The molecule has 0 saturated heterocycles. The SMILES string of the molecule is COc1ccc(C2=C3C4CCC(C4)C3C(C(C)C)C(=O)O2)cc1. The number of hydrogen-bond donors (Lipinski definition) is 0. The molecule has 4 unspecified atom stereocenters. The maximum Gasteiger partial charge on any atom is 0.315 e. The van der Waals surface area contributed by atoms with Crippen LogP contribution in [0.2, 0.25) is 0 Å². The Morgan fingerprint density at radius 2 is 1.91 bits per heavy atom. The minimum Gasteiger partial charge on any atom is -0.497 e. The van der Waals surface area contributed by atoms with Gasteiger partial charge in [-0.2, -0.15) is 0 Å². The molecule has 3 nitrogen and oxygen atoms in total. The Kier molecular flexibility index (Phi) is 3.47. The van der Waals surface area contributed by atoms with Gasteiger partial charge in [-0.25, -0.2) is 0 Å². The van der Waals surface area contributed by atoms with Crippen molar-refractivity contribution >= 4 is 11.7 Å². The molecule has 2 saturated carbocycles. The van der Waals surface area contributed by atoms with Crippen LogP contribution in [0.25, 0.3) is 5.76 Å². The van der Waals surface area contributed by atoms with E-state index in [1.165, 1.54) is 24.8 Å². The first kappa shape index (κ1) is 14.8. The van der Waals surface area contributed by atoms with Crippen molar-refractivity contribution in [3.63, 3.8) is 0 Å². The highest BCUT2D eigenvalue weighted by molar-refractivity contribution is 5.85. The van der Waals surface area contributed by atoms with Gasteiger partial charge in [0.2, 0.25) is 0 Å². The molecule has 0 spiro atoms. The van der Waals surface area contributed by atoms with Gasteiger partial charge in [0.05, 0.1) is 13.0 Å². The summed E-state index contributed by atoms with van der Waals surface area (Å²) in [4.78, 5) is 12.7. The van der Waals surface area contributed by atoms with Gasteiger partial charge >= 0.3 is 5.97 Å². The van der Waals surface area contributed by atoms with E-state index in [0.29, 0.717) is 23.7 Å². The summed E-state index contributed by atoms with van der Waals surface area (Å²) in [7, 11) is 1.66. The number of allylic oxidation sites excluding steroid dienone is 1. The summed E-state index contributed by atoms with van der Waals surface area (Å²) < 4.78 is 11.1. The van der Waals surface area contributed by atoms with Crippen molar-refractivity contribution in [2.45, 2.75) is 33.1 Å². The van der Waals surface area contributed by atoms with Gasteiger partial charge < -0.3 is 9.47 Å². The van der Waals surface area contributed by atoms with Gasteiger partial charge in [0, 0.05) is 11.5 Å². The first-order valence-corrected chi connectivity index (χ1v) is 8.70. The number of fused-ring (bicyclic) bond motifs is 5. The number of methoxy groups -OCH3 is 1. The summed E-state index contributed by atoms with van der Waals surface area (Å²) in [6.45, 7) is 4.29. The van der Waals surface area contributed by atoms with Crippen molar-refractivity contribution in [2.24, 2.45) is 29.6 Å². The smallest absolute Gasteiger partial charge is 0.315 e. The zero-order valence-corrected chi connectivity index (χ0v) is 14.0. The maximum atomic E-state index is 12.7. The fourth-order valence-corrected chi connectivity index (χ4v) is 5.00. The van der Waals surface area contributed by atoms with E-state index in [-0.39, 0.29) is 11.9 Å². The molecule has 0 aromatic heterocycles. The molecule has 3 heteroatoms. The third kappa shape index (κ3) is 2.20. The summed E-state index contributed by atoms with van der Waals surface area (Å²) >= 11 is 0. The van der Waals surface area contributed by atoms with E-state index in [2.05, 4.69) is 13.8 Å². The highest BCUT2D eigenvalue weighted by Crippen LogP contribution is 2.59. The minimum absolute atomic E-state index is 0.0299. The van der Waals surface area contributed by atoms with Crippen molar-refractivity contribution in [1.82, 2.24) is 0 Å². The van der Waals surface area contributed by atoms with E-state index in [0.717, 1.165) is 17.1 Å². The lowest BCUT2D eigenvalue weighted by Crippen LogP contribution is -2.38. The van der Waals surface area contributed by atoms with E-state index >= 15 is 0 Å². The molecule has 1 aromatic rings. The van der Waals surface area contributed by atoms with Crippen molar-refractivity contribution in [3.8, 4) is 5.75 Å². The topological polar surface area (TPSA) is 35.5 Å². The van der Waals surface area contributed by atoms with Crippen LogP contribution in [0.5, 0.6) is 5.75 Å². The highest BCUT2D eigenvalue weighted by atomic mass is 16.5. The third-order valence-corrected chi connectivity index (χ3v) is 5.97. The second-order valence-corrected chi connectivity index (χ2v) is 7.50. The van der Waals surface area contributed by atoms with Gasteiger partial charge in [0.15, 0.2) is 0 Å². The summed E-state index contributed by atoms with van der Waals surface area (Å²) in [5, 5.41) is 0. The van der Waals surface area contributed by atoms with Crippen LogP contribution in [0.15, 0.2) is 29.8 Å². The van der Waals surface area contributed by atoms with Crippen LogP contribution >= 0.6 is 0 Å². The predicted octanol–water partition coefficient (Wildman–Crippen LogP) is 4.28. The van der Waals surface area contributed by atoms with Crippen molar-refractivity contribution in [2.75, 3.05) is 7.11 Å². The number of benzene rings is 1. The first-order chi connectivity index (χ1) is 11.1. The van der Waals surface area contributed by atoms with Gasteiger partial charge in [-0.05, 0) is 66.9 Å². The highest BCUT2D eigenvalue weighted by Gasteiger charge is 2.54. The molecule has 0 N–H and O–H groups in total. The van der Waals surface area contributed by atoms with E-state index in [1.807, 2.05) is 24.3 Å². The Labute approximate surface area is 137 Å². The molecule has 2 bridgehead atoms. The Morgan fingerprint density at radius 1 is 1.17 bits per heavy atom. The summed E-state index contributed by atoms with van der Waals surface area (Å²) in [5.74, 6) is 3.67. The Hall–Kier alpha value is -1.77. The maximum absolute atomic E-state index is 12.7. The van der Waals surface area contributed by atoms with E-state index in [4.69, 9.17) is 9.47 Å². The summed E-state index contributed by atoms with van der Waals surface area (Å²) in [6.07, 6.45) is 3.75. The van der Waals surface area contributed by atoms with E-state index in [9.17, 15) is 4.79 Å². The van der Waals surface area contributed by atoms with Crippen LogP contribution in [-0.2, 0) is 9.53 Å².